The summed E-state index contributed by atoms with van der Waals surface area (Å²) in [5.74, 6) is 0.560. The Bertz CT molecular complexity index is 1020. The van der Waals surface area contributed by atoms with Crippen molar-refractivity contribution in [2.24, 2.45) is 0 Å². The maximum Gasteiger partial charge on any atom is 0.287 e. The first-order chi connectivity index (χ1) is 13.1. The van der Waals surface area contributed by atoms with Crippen LogP contribution in [-0.2, 0) is 4.79 Å². The van der Waals surface area contributed by atoms with Gasteiger partial charge in [-0.05, 0) is 36.8 Å². The zero-order valence-electron chi connectivity index (χ0n) is 15.0. The number of carbonyl (C=O) groups excluding carboxylic acids is 1. The number of amides is 1. The predicted molar refractivity (Wildman–Crippen MR) is 107 cm³/mol. The standard InChI is InChI=1S/C20H19N3O3S/c1-14-5-3-6-15(11-14)22-18(24)13-27-19-20(25)23(10-9-21-19)16-7-4-8-17(12-16)26-2/h3-12H,13H2,1-2H3,(H,22,24). The van der Waals surface area contributed by atoms with E-state index in [9.17, 15) is 9.59 Å². The van der Waals surface area contributed by atoms with Gasteiger partial charge in [0.05, 0.1) is 18.6 Å². The van der Waals surface area contributed by atoms with Gasteiger partial charge in [-0.3, -0.25) is 14.2 Å². The zero-order valence-corrected chi connectivity index (χ0v) is 15.8. The van der Waals surface area contributed by atoms with Crippen molar-refractivity contribution in [3.05, 3.63) is 76.8 Å². The van der Waals surface area contributed by atoms with Crippen LogP contribution in [0.25, 0.3) is 5.69 Å². The number of nitrogens with zero attached hydrogens (tertiary/aromatic N) is 2. The van der Waals surface area contributed by atoms with Gasteiger partial charge in [0.25, 0.3) is 5.56 Å². The van der Waals surface area contributed by atoms with Crippen LogP contribution < -0.4 is 15.6 Å². The van der Waals surface area contributed by atoms with Crippen LogP contribution in [0.5, 0.6) is 5.75 Å². The number of anilines is 1. The van der Waals surface area contributed by atoms with Gasteiger partial charge in [0.2, 0.25) is 5.91 Å². The molecule has 0 aliphatic heterocycles. The van der Waals surface area contributed by atoms with E-state index >= 15 is 0 Å². The first-order valence-corrected chi connectivity index (χ1v) is 9.27. The zero-order chi connectivity index (χ0) is 19.2. The molecule has 0 saturated heterocycles. The lowest BCUT2D eigenvalue weighted by Crippen LogP contribution is -2.22. The molecule has 0 fully saturated rings. The smallest absolute Gasteiger partial charge is 0.287 e. The van der Waals surface area contributed by atoms with E-state index in [0.717, 1.165) is 23.0 Å². The predicted octanol–water partition coefficient (Wildman–Crippen LogP) is 3.28. The summed E-state index contributed by atoms with van der Waals surface area (Å²) in [7, 11) is 1.57. The van der Waals surface area contributed by atoms with Crippen molar-refractivity contribution in [2.75, 3.05) is 18.2 Å². The number of benzene rings is 2. The third-order valence-corrected chi connectivity index (χ3v) is 4.74. The number of aromatic nitrogens is 2. The van der Waals surface area contributed by atoms with Gasteiger partial charge in [0.1, 0.15) is 5.75 Å². The summed E-state index contributed by atoms with van der Waals surface area (Å²) >= 11 is 1.11. The molecule has 0 saturated carbocycles. The van der Waals surface area contributed by atoms with Crippen molar-refractivity contribution in [1.29, 1.82) is 0 Å². The Kier molecular flexibility index (Phi) is 5.93. The van der Waals surface area contributed by atoms with Crippen LogP contribution in [0.1, 0.15) is 5.56 Å². The second-order valence-corrected chi connectivity index (χ2v) is 6.78. The lowest BCUT2D eigenvalue weighted by molar-refractivity contribution is -0.113. The van der Waals surface area contributed by atoms with E-state index in [-0.39, 0.29) is 22.2 Å². The SMILES string of the molecule is COc1cccc(-n2ccnc(SCC(=O)Nc3cccc(C)c3)c2=O)c1. The fourth-order valence-corrected chi connectivity index (χ4v) is 3.21. The Balaban J connectivity index is 1.72. The van der Waals surface area contributed by atoms with Gasteiger partial charge in [-0.25, -0.2) is 4.98 Å². The van der Waals surface area contributed by atoms with E-state index in [2.05, 4.69) is 10.3 Å². The summed E-state index contributed by atoms with van der Waals surface area (Å²) in [6, 6.07) is 14.7. The van der Waals surface area contributed by atoms with E-state index in [1.54, 1.807) is 31.6 Å². The molecule has 1 N–H and O–H groups in total. The fraction of sp³-hybridized carbons (Fsp3) is 0.150. The highest BCUT2D eigenvalue weighted by Crippen LogP contribution is 2.17. The maximum absolute atomic E-state index is 12.7. The highest BCUT2D eigenvalue weighted by molar-refractivity contribution is 7.99. The third kappa shape index (κ3) is 4.77. The van der Waals surface area contributed by atoms with Gasteiger partial charge >= 0.3 is 0 Å². The molecule has 3 rings (SSSR count). The van der Waals surface area contributed by atoms with Crippen LogP contribution in [0.2, 0.25) is 0 Å². The number of carbonyl (C=O) groups is 1. The molecule has 3 aromatic rings. The van der Waals surface area contributed by atoms with Crippen LogP contribution >= 0.6 is 11.8 Å². The molecule has 1 aromatic heterocycles. The number of methoxy groups -OCH3 is 1. The van der Waals surface area contributed by atoms with Gasteiger partial charge in [0, 0.05) is 24.1 Å². The Morgan fingerprint density at radius 3 is 2.81 bits per heavy atom. The third-order valence-electron chi connectivity index (χ3n) is 3.78. The number of nitrogens with one attached hydrogen (secondary N) is 1. The average Bonchev–Trinajstić information content (AvgIpc) is 2.67. The number of rotatable bonds is 6. The van der Waals surface area contributed by atoms with Crippen LogP contribution in [0.3, 0.4) is 0 Å². The summed E-state index contributed by atoms with van der Waals surface area (Å²) in [5.41, 5.74) is 2.19. The number of hydrogen-bond donors (Lipinski definition) is 1. The van der Waals surface area contributed by atoms with Crippen molar-refractivity contribution < 1.29 is 9.53 Å². The van der Waals surface area contributed by atoms with Crippen molar-refractivity contribution in [1.82, 2.24) is 9.55 Å². The summed E-state index contributed by atoms with van der Waals surface area (Å²) in [6.45, 7) is 1.96. The molecule has 1 heterocycles. The summed E-state index contributed by atoms with van der Waals surface area (Å²) < 4.78 is 6.68. The van der Waals surface area contributed by atoms with Crippen molar-refractivity contribution in [3.8, 4) is 11.4 Å². The van der Waals surface area contributed by atoms with Crippen LogP contribution in [-0.4, -0.2) is 28.3 Å². The molecule has 0 aliphatic rings. The van der Waals surface area contributed by atoms with E-state index in [4.69, 9.17) is 4.74 Å². The Morgan fingerprint density at radius 2 is 2.04 bits per heavy atom. The molecular weight excluding hydrogens is 362 g/mol. The molecule has 0 spiro atoms. The van der Waals surface area contributed by atoms with E-state index in [0.29, 0.717) is 11.4 Å². The molecule has 0 unspecified atom stereocenters. The minimum Gasteiger partial charge on any atom is -0.497 e. The molecule has 6 nitrogen and oxygen atoms in total. The minimum absolute atomic E-state index is 0.0955. The molecule has 0 aliphatic carbocycles. The Hall–Kier alpha value is -3.06. The Morgan fingerprint density at radius 1 is 1.22 bits per heavy atom. The molecule has 0 radical (unpaired) electrons. The van der Waals surface area contributed by atoms with Crippen LogP contribution in [0.15, 0.2) is 70.7 Å². The van der Waals surface area contributed by atoms with Gasteiger partial charge < -0.3 is 10.1 Å². The monoisotopic (exact) mass is 381 g/mol. The number of hydrogen-bond acceptors (Lipinski definition) is 5. The molecule has 1 amide bonds. The molecule has 138 valence electrons. The van der Waals surface area contributed by atoms with Crippen molar-refractivity contribution >= 4 is 23.4 Å². The quantitative estimate of drug-likeness (QED) is 0.664. The largest absolute Gasteiger partial charge is 0.497 e. The first kappa shape index (κ1) is 18.7. The van der Waals surface area contributed by atoms with Gasteiger partial charge in [-0.1, -0.05) is 30.0 Å². The highest BCUT2D eigenvalue weighted by Gasteiger charge is 2.11. The number of ether oxygens (including phenoxy) is 1. The van der Waals surface area contributed by atoms with Crippen LogP contribution in [0.4, 0.5) is 5.69 Å². The maximum atomic E-state index is 12.7. The van der Waals surface area contributed by atoms with Crippen LogP contribution in [0, 0.1) is 6.92 Å². The fourth-order valence-electron chi connectivity index (χ4n) is 2.51. The molecular formula is C20H19N3O3S. The molecule has 2 aromatic carbocycles. The lowest BCUT2D eigenvalue weighted by Gasteiger charge is -2.09. The van der Waals surface area contributed by atoms with Crippen molar-refractivity contribution in [3.63, 3.8) is 0 Å². The van der Waals surface area contributed by atoms with E-state index < -0.39 is 0 Å². The molecule has 0 atom stereocenters. The second kappa shape index (κ2) is 8.55. The molecule has 27 heavy (non-hydrogen) atoms. The van der Waals surface area contributed by atoms with E-state index in [1.807, 2.05) is 43.3 Å². The topological polar surface area (TPSA) is 73.2 Å². The van der Waals surface area contributed by atoms with Crippen molar-refractivity contribution in [2.45, 2.75) is 11.9 Å². The Labute approximate surface area is 161 Å². The van der Waals surface area contributed by atoms with Gasteiger partial charge in [0.15, 0.2) is 5.03 Å². The lowest BCUT2D eigenvalue weighted by atomic mass is 10.2. The summed E-state index contributed by atoms with van der Waals surface area (Å²) in [6.07, 6.45) is 3.13. The normalized spacial score (nSPS) is 10.4. The average molecular weight is 381 g/mol. The van der Waals surface area contributed by atoms with Gasteiger partial charge in [-0.15, -0.1) is 0 Å². The number of thioether (sulfide) groups is 1. The summed E-state index contributed by atoms with van der Waals surface area (Å²) in [4.78, 5) is 29.0. The number of aryl methyl sites for hydroxylation is 1. The second-order valence-electron chi connectivity index (χ2n) is 5.82. The van der Waals surface area contributed by atoms with E-state index in [1.165, 1.54) is 4.57 Å². The molecule has 0 bridgehead atoms. The first-order valence-electron chi connectivity index (χ1n) is 8.28. The highest BCUT2D eigenvalue weighted by atomic mass is 32.2. The van der Waals surface area contributed by atoms with Gasteiger partial charge in [-0.2, -0.15) is 0 Å². The molecule has 7 heteroatoms. The minimum atomic E-state index is -0.279. The summed E-state index contributed by atoms with van der Waals surface area (Å²) in [5, 5.41) is 3.08.